The molecule has 0 radical (unpaired) electrons. The minimum Gasteiger partial charge on any atom is -0.400 e. The molecule has 4 nitrogen and oxygen atoms in total. The number of aliphatic hydroxyl groups excluding tert-OH is 2. The third-order valence-corrected chi connectivity index (χ3v) is 0.744. The van der Waals surface area contributed by atoms with Crippen molar-refractivity contribution in [2.75, 3.05) is 33.5 Å². The van der Waals surface area contributed by atoms with Crippen molar-refractivity contribution in [2.24, 2.45) is 0 Å². The Balaban J connectivity index is 0. The smallest absolute Gasteiger partial charge is 0.0701 e. The molecule has 4 heteroatoms. The predicted molar refractivity (Wildman–Crippen MR) is 47.1 cm³/mol. The van der Waals surface area contributed by atoms with E-state index in [4.69, 9.17) is 19.7 Å². The van der Waals surface area contributed by atoms with E-state index in [0.29, 0.717) is 0 Å². The van der Waals surface area contributed by atoms with Gasteiger partial charge in [-0.15, -0.1) is 0 Å². The minimum absolute atomic E-state index is 0.167. The van der Waals surface area contributed by atoms with Gasteiger partial charge in [0.1, 0.15) is 0 Å². The predicted octanol–water partition coefficient (Wildman–Crippen LogP) is 0.0288. The van der Waals surface area contributed by atoms with Gasteiger partial charge in [-0.05, 0) is 13.8 Å². The van der Waals surface area contributed by atoms with Gasteiger partial charge in [-0.1, -0.05) is 0 Å². The number of hydrogen-bond donors (Lipinski definition) is 2. The second kappa shape index (κ2) is 13.4. The van der Waals surface area contributed by atoms with Crippen LogP contribution in [0.25, 0.3) is 0 Å². The summed E-state index contributed by atoms with van der Waals surface area (Å²) in [6.07, 6.45) is -0.167. The number of ether oxygens (including phenoxy) is 2. The summed E-state index contributed by atoms with van der Waals surface area (Å²) in [5.41, 5.74) is 0. The second-order valence-corrected chi connectivity index (χ2v) is 2.32. The van der Waals surface area contributed by atoms with Gasteiger partial charge in [0.2, 0.25) is 0 Å². The number of hydrogen-bond acceptors (Lipinski definition) is 4. The van der Waals surface area contributed by atoms with Crippen LogP contribution in [-0.2, 0) is 9.47 Å². The molecule has 0 aromatic carbocycles. The molecular formula is C8H20O4. The van der Waals surface area contributed by atoms with Crippen LogP contribution in [0.1, 0.15) is 13.8 Å². The molecule has 0 bridgehead atoms. The van der Waals surface area contributed by atoms with Crippen molar-refractivity contribution >= 4 is 0 Å². The molecular weight excluding hydrogens is 160 g/mol. The van der Waals surface area contributed by atoms with Crippen LogP contribution in [-0.4, -0.2) is 49.9 Å². The summed E-state index contributed by atoms with van der Waals surface area (Å²) in [5, 5.41) is 15.1. The van der Waals surface area contributed by atoms with Gasteiger partial charge in [0.15, 0.2) is 0 Å². The Kier molecular flexibility index (Phi) is 16.1. The molecule has 0 amide bonds. The third-order valence-electron chi connectivity index (χ3n) is 0.744. The highest BCUT2D eigenvalue weighted by atomic mass is 16.6. The van der Waals surface area contributed by atoms with Gasteiger partial charge in [0.25, 0.3) is 0 Å². The summed E-state index contributed by atoms with van der Waals surface area (Å²) in [4.78, 5) is 0. The maximum absolute atomic E-state index is 8.06. The van der Waals surface area contributed by atoms with E-state index in [2.05, 4.69) is 0 Å². The second-order valence-electron chi connectivity index (χ2n) is 2.32. The normalized spacial score (nSPS) is 15.5. The Bertz CT molecular complexity index is 47.8. The van der Waals surface area contributed by atoms with E-state index in [1.807, 2.05) is 0 Å². The lowest BCUT2D eigenvalue weighted by Crippen LogP contribution is -2.16. The van der Waals surface area contributed by atoms with Gasteiger partial charge < -0.3 is 19.7 Å². The lowest BCUT2D eigenvalue weighted by atomic mass is 10.5. The van der Waals surface area contributed by atoms with Gasteiger partial charge in [0.05, 0.1) is 26.4 Å². The molecule has 0 aromatic rings. The molecule has 0 atom stereocenters. The monoisotopic (exact) mass is 180 g/mol. The number of rotatable bonds is 0. The zero-order valence-corrected chi connectivity index (χ0v) is 8.12. The standard InChI is InChI=1S/C4H8O2.C3H8O.CH4O/c1-2-6-4-3-5-1;1-3(2)4;1-2/h1-4H2;3-4H,1-2H3;2H,1H3. The summed E-state index contributed by atoms with van der Waals surface area (Å²) < 4.78 is 9.89. The molecule has 0 aliphatic carbocycles. The zero-order valence-electron chi connectivity index (χ0n) is 8.12. The maximum atomic E-state index is 8.06. The van der Waals surface area contributed by atoms with Crippen LogP contribution < -0.4 is 0 Å². The van der Waals surface area contributed by atoms with E-state index < -0.39 is 0 Å². The SMILES string of the molecule is C1COCCO1.CC(C)O.CO. The first-order valence-electron chi connectivity index (χ1n) is 4.01. The Morgan fingerprint density at radius 2 is 1.08 bits per heavy atom. The molecule has 1 heterocycles. The van der Waals surface area contributed by atoms with Crippen LogP contribution in [0.4, 0.5) is 0 Å². The average Bonchev–Trinajstić information content (AvgIpc) is 2.10. The molecule has 1 fully saturated rings. The Morgan fingerprint density at radius 3 is 1.17 bits per heavy atom. The molecule has 1 rings (SSSR count). The van der Waals surface area contributed by atoms with E-state index in [1.165, 1.54) is 0 Å². The third kappa shape index (κ3) is 22.5. The topological polar surface area (TPSA) is 58.9 Å². The van der Waals surface area contributed by atoms with E-state index in [0.717, 1.165) is 33.5 Å². The van der Waals surface area contributed by atoms with E-state index >= 15 is 0 Å². The lowest BCUT2D eigenvalue weighted by Gasteiger charge is -2.09. The van der Waals surface area contributed by atoms with Gasteiger partial charge in [-0.25, -0.2) is 0 Å². The minimum atomic E-state index is -0.167. The highest BCUT2D eigenvalue weighted by Crippen LogP contribution is 1.85. The molecule has 0 aromatic heterocycles. The number of aliphatic hydroxyl groups is 2. The molecule has 1 saturated heterocycles. The van der Waals surface area contributed by atoms with E-state index in [-0.39, 0.29) is 6.10 Å². The van der Waals surface area contributed by atoms with Crippen LogP contribution >= 0.6 is 0 Å². The summed E-state index contributed by atoms with van der Waals surface area (Å²) >= 11 is 0. The van der Waals surface area contributed by atoms with Crippen molar-refractivity contribution in [3.05, 3.63) is 0 Å². The Hall–Kier alpha value is -0.160. The van der Waals surface area contributed by atoms with Crippen molar-refractivity contribution in [2.45, 2.75) is 20.0 Å². The van der Waals surface area contributed by atoms with Crippen LogP contribution in [0.3, 0.4) is 0 Å². The quantitative estimate of drug-likeness (QED) is 0.552. The van der Waals surface area contributed by atoms with Crippen molar-refractivity contribution in [1.82, 2.24) is 0 Å². The van der Waals surface area contributed by atoms with Crippen molar-refractivity contribution in [3.63, 3.8) is 0 Å². The summed E-state index contributed by atoms with van der Waals surface area (Å²) in [7, 11) is 1.00. The van der Waals surface area contributed by atoms with Crippen LogP contribution in [0.5, 0.6) is 0 Å². The molecule has 2 N–H and O–H groups in total. The fourth-order valence-electron chi connectivity index (χ4n) is 0.440. The first-order chi connectivity index (χ1) is 5.73. The van der Waals surface area contributed by atoms with Gasteiger partial charge >= 0.3 is 0 Å². The largest absolute Gasteiger partial charge is 0.400 e. The van der Waals surface area contributed by atoms with Gasteiger partial charge in [-0.2, -0.15) is 0 Å². The fraction of sp³-hybridized carbons (Fsp3) is 1.00. The van der Waals surface area contributed by atoms with E-state index in [9.17, 15) is 0 Å². The van der Waals surface area contributed by atoms with Gasteiger partial charge in [-0.3, -0.25) is 0 Å². The van der Waals surface area contributed by atoms with Crippen LogP contribution in [0, 0.1) is 0 Å². The lowest BCUT2D eigenvalue weighted by molar-refractivity contribution is -0.0334. The highest BCUT2D eigenvalue weighted by Gasteiger charge is 1.94. The van der Waals surface area contributed by atoms with Crippen LogP contribution in [0.15, 0.2) is 0 Å². The maximum Gasteiger partial charge on any atom is 0.0701 e. The molecule has 0 spiro atoms. The molecule has 1 aliphatic rings. The summed E-state index contributed by atoms with van der Waals surface area (Å²) in [5.74, 6) is 0. The van der Waals surface area contributed by atoms with Crippen molar-refractivity contribution in [1.29, 1.82) is 0 Å². The highest BCUT2D eigenvalue weighted by molar-refractivity contribution is 4.37. The first-order valence-corrected chi connectivity index (χ1v) is 4.01. The van der Waals surface area contributed by atoms with E-state index in [1.54, 1.807) is 13.8 Å². The molecule has 76 valence electrons. The average molecular weight is 180 g/mol. The zero-order chi connectivity index (χ0) is 9.82. The molecule has 12 heavy (non-hydrogen) atoms. The van der Waals surface area contributed by atoms with Crippen LogP contribution in [0.2, 0.25) is 0 Å². The first kappa shape index (κ1) is 14.4. The van der Waals surface area contributed by atoms with Gasteiger partial charge in [0, 0.05) is 13.2 Å². The fourth-order valence-corrected chi connectivity index (χ4v) is 0.440. The van der Waals surface area contributed by atoms with Crippen molar-refractivity contribution in [3.8, 4) is 0 Å². The Morgan fingerprint density at radius 1 is 0.917 bits per heavy atom. The molecule has 1 aliphatic heterocycles. The summed E-state index contributed by atoms with van der Waals surface area (Å²) in [6.45, 7) is 6.56. The van der Waals surface area contributed by atoms with Crippen molar-refractivity contribution < 1.29 is 19.7 Å². The molecule has 0 saturated carbocycles. The molecule has 0 unspecified atom stereocenters. The summed E-state index contributed by atoms with van der Waals surface area (Å²) in [6, 6.07) is 0. The Labute approximate surface area is 74.1 Å².